The Bertz CT molecular complexity index is 639. The van der Waals surface area contributed by atoms with Gasteiger partial charge in [-0.3, -0.25) is 4.79 Å². The van der Waals surface area contributed by atoms with Crippen LogP contribution in [0, 0.1) is 0 Å². The summed E-state index contributed by atoms with van der Waals surface area (Å²) < 4.78 is 5.21. The van der Waals surface area contributed by atoms with Crippen LogP contribution >= 0.6 is 0 Å². The highest BCUT2D eigenvalue weighted by atomic mass is 16.6. The van der Waals surface area contributed by atoms with Gasteiger partial charge in [-0.1, -0.05) is 24.3 Å². The summed E-state index contributed by atoms with van der Waals surface area (Å²) in [5, 5.41) is 15.9. The molecule has 3 atom stereocenters. The van der Waals surface area contributed by atoms with Gasteiger partial charge in [0.25, 0.3) is 0 Å². The smallest absolute Gasteiger partial charge is 0.407 e. The lowest BCUT2D eigenvalue weighted by Gasteiger charge is -2.22. The molecule has 1 aromatic rings. The van der Waals surface area contributed by atoms with E-state index in [1.165, 1.54) is 0 Å². The molecule has 6 nitrogen and oxygen atoms in total. The summed E-state index contributed by atoms with van der Waals surface area (Å²) in [5.41, 5.74) is 1.55. The zero-order valence-electron chi connectivity index (χ0n) is 16.0. The van der Waals surface area contributed by atoms with E-state index in [0.29, 0.717) is 25.7 Å². The van der Waals surface area contributed by atoms with E-state index in [1.807, 2.05) is 52.0 Å². The standard InChI is InChI=1S/C20H30N2O4/c1-13(21-19(25)26-20(2,3)4)8-7-11-17(24)22-18-15-10-6-5-9-14(15)12-16(18)23/h5-6,9-10,13,16,18,23H,7-8,11-12H2,1-4H3,(H,21,25)(H,22,24)/t13-,16-,18+/m0/s1. The number of carbonyl (C=O) groups is 2. The molecule has 0 aromatic heterocycles. The van der Waals surface area contributed by atoms with Gasteiger partial charge in [0.15, 0.2) is 0 Å². The first kappa shape index (κ1) is 20.2. The van der Waals surface area contributed by atoms with E-state index >= 15 is 0 Å². The molecule has 0 unspecified atom stereocenters. The lowest BCUT2D eigenvalue weighted by Crippen LogP contribution is -2.38. The molecule has 2 amide bonds. The number of amides is 2. The number of carbonyl (C=O) groups excluding carboxylic acids is 2. The van der Waals surface area contributed by atoms with Gasteiger partial charge in [-0.2, -0.15) is 0 Å². The van der Waals surface area contributed by atoms with Gasteiger partial charge in [0, 0.05) is 18.9 Å². The number of nitrogens with one attached hydrogen (secondary N) is 2. The number of ether oxygens (including phenoxy) is 1. The van der Waals surface area contributed by atoms with Crippen LogP contribution in [0.5, 0.6) is 0 Å². The molecule has 2 rings (SSSR count). The molecule has 0 bridgehead atoms. The molecular formula is C20H30N2O4. The third kappa shape index (κ3) is 6.02. The first-order valence-electron chi connectivity index (χ1n) is 9.20. The Morgan fingerprint density at radius 3 is 2.69 bits per heavy atom. The van der Waals surface area contributed by atoms with Gasteiger partial charge in [0.05, 0.1) is 12.1 Å². The SMILES string of the molecule is C[C@@H](CCCC(=O)N[C@@H]1c2ccccc2C[C@@H]1O)NC(=O)OC(C)(C)C. The van der Waals surface area contributed by atoms with E-state index < -0.39 is 17.8 Å². The summed E-state index contributed by atoms with van der Waals surface area (Å²) in [4.78, 5) is 23.9. The Morgan fingerprint density at radius 1 is 1.31 bits per heavy atom. The number of aliphatic hydroxyl groups is 1. The number of hydrogen-bond donors (Lipinski definition) is 3. The zero-order chi connectivity index (χ0) is 19.3. The molecule has 0 fully saturated rings. The molecular weight excluding hydrogens is 332 g/mol. The number of benzene rings is 1. The number of rotatable bonds is 6. The summed E-state index contributed by atoms with van der Waals surface area (Å²) in [6.45, 7) is 7.34. The molecule has 144 valence electrons. The Hall–Kier alpha value is -2.08. The largest absolute Gasteiger partial charge is 0.444 e. The maximum atomic E-state index is 12.2. The molecule has 0 radical (unpaired) electrons. The van der Waals surface area contributed by atoms with Crippen LogP contribution in [0.3, 0.4) is 0 Å². The van der Waals surface area contributed by atoms with Crippen molar-refractivity contribution in [3.8, 4) is 0 Å². The normalized spacial score (nSPS) is 20.2. The Morgan fingerprint density at radius 2 is 2.00 bits per heavy atom. The number of alkyl carbamates (subject to hydrolysis) is 1. The lowest BCUT2D eigenvalue weighted by atomic mass is 10.1. The van der Waals surface area contributed by atoms with E-state index in [4.69, 9.17) is 4.74 Å². The second-order valence-electron chi connectivity index (χ2n) is 7.95. The maximum absolute atomic E-state index is 12.2. The van der Waals surface area contributed by atoms with Gasteiger partial charge in [0.1, 0.15) is 5.60 Å². The highest BCUT2D eigenvalue weighted by Crippen LogP contribution is 2.31. The van der Waals surface area contributed by atoms with Crippen LogP contribution in [-0.2, 0) is 16.0 Å². The number of hydrogen-bond acceptors (Lipinski definition) is 4. The van der Waals surface area contributed by atoms with Gasteiger partial charge >= 0.3 is 6.09 Å². The number of fused-ring (bicyclic) bond motifs is 1. The fraction of sp³-hybridized carbons (Fsp3) is 0.600. The van der Waals surface area contributed by atoms with Gasteiger partial charge < -0.3 is 20.5 Å². The highest BCUT2D eigenvalue weighted by molar-refractivity contribution is 5.76. The summed E-state index contributed by atoms with van der Waals surface area (Å²) in [7, 11) is 0. The van der Waals surface area contributed by atoms with Crippen LogP contribution in [0.4, 0.5) is 4.79 Å². The third-order valence-corrected chi connectivity index (χ3v) is 4.32. The molecule has 26 heavy (non-hydrogen) atoms. The van der Waals surface area contributed by atoms with E-state index in [-0.39, 0.29) is 18.0 Å². The summed E-state index contributed by atoms with van der Waals surface area (Å²) in [5.74, 6) is -0.0878. The van der Waals surface area contributed by atoms with Crippen molar-refractivity contribution in [1.82, 2.24) is 10.6 Å². The molecule has 0 saturated carbocycles. The van der Waals surface area contributed by atoms with Crippen molar-refractivity contribution in [2.75, 3.05) is 0 Å². The monoisotopic (exact) mass is 362 g/mol. The van der Waals surface area contributed by atoms with E-state index in [9.17, 15) is 14.7 Å². The Kier molecular flexibility index (Phi) is 6.64. The lowest BCUT2D eigenvalue weighted by molar-refractivity contribution is -0.122. The molecule has 1 aliphatic carbocycles. The van der Waals surface area contributed by atoms with Crippen LogP contribution < -0.4 is 10.6 Å². The predicted molar refractivity (Wildman–Crippen MR) is 99.7 cm³/mol. The first-order chi connectivity index (χ1) is 12.2. The molecule has 6 heteroatoms. The Balaban J connectivity index is 1.72. The molecule has 0 saturated heterocycles. The van der Waals surface area contributed by atoms with Crippen molar-refractivity contribution in [2.45, 2.75) is 77.2 Å². The predicted octanol–water partition coefficient (Wildman–Crippen LogP) is 2.84. The van der Waals surface area contributed by atoms with Crippen molar-refractivity contribution in [3.05, 3.63) is 35.4 Å². The van der Waals surface area contributed by atoms with Crippen LogP contribution in [0.2, 0.25) is 0 Å². The molecule has 0 heterocycles. The first-order valence-corrected chi connectivity index (χ1v) is 9.20. The maximum Gasteiger partial charge on any atom is 0.407 e. The van der Waals surface area contributed by atoms with Crippen molar-refractivity contribution >= 4 is 12.0 Å². The van der Waals surface area contributed by atoms with Crippen molar-refractivity contribution in [3.63, 3.8) is 0 Å². The fourth-order valence-corrected chi connectivity index (χ4v) is 3.14. The van der Waals surface area contributed by atoms with Crippen molar-refractivity contribution in [1.29, 1.82) is 0 Å². The topological polar surface area (TPSA) is 87.7 Å². The highest BCUT2D eigenvalue weighted by Gasteiger charge is 2.31. The Labute approximate surface area is 155 Å². The van der Waals surface area contributed by atoms with Crippen molar-refractivity contribution < 1.29 is 19.4 Å². The van der Waals surface area contributed by atoms with E-state index in [2.05, 4.69) is 10.6 Å². The van der Waals surface area contributed by atoms with Gasteiger partial charge in [0.2, 0.25) is 5.91 Å². The molecule has 1 aromatic carbocycles. The number of aliphatic hydroxyl groups excluding tert-OH is 1. The summed E-state index contributed by atoms with van der Waals surface area (Å²) >= 11 is 0. The average molecular weight is 362 g/mol. The fourth-order valence-electron chi connectivity index (χ4n) is 3.14. The second kappa shape index (κ2) is 8.54. The molecule has 1 aliphatic rings. The van der Waals surface area contributed by atoms with Gasteiger partial charge in [-0.15, -0.1) is 0 Å². The zero-order valence-corrected chi connectivity index (χ0v) is 16.0. The minimum atomic E-state index is -0.580. The summed E-state index contributed by atoms with van der Waals surface area (Å²) in [6.07, 6.45) is 1.22. The summed E-state index contributed by atoms with van der Waals surface area (Å²) in [6, 6.07) is 7.37. The molecule has 3 N–H and O–H groups in total. The van der Waals surface area contributed by atoms with E-state index in [1.54, 1.807) is 0 Å². The van der Waals surface area contributed by atoms with E-state index in [0.717, 1.165) is 11.1 Å². The minimum absolute atomic E-state index is 0.0737. The quantitative estimate of drug-likeness (QED) is 0.726. The van der Waals surface area contributed by atoms with Crippen LogP contribution in [-0.4, -0.2) is 34.9 Å². The average Bonchev–Trinajstić information content (AvgIpc) is 2.81. The second-order valence-corrected chi connectivity index (χ2v) is 7.95. The van der Waals surface area contributed by atoms with Crippen LogP contribution in [0.25, 0.3) is 0 Å². The third-order valence-electron chi connectivity index (χ3n) is 4.32. The molecule has 0 aliphatic heterocycles. The van der Waals surface area contributed by atoms with Gasteiger partial charge in [-0.05, 0) is 51.7 Å². The minimum Gasteiger partial charge on any atom is -0.444 e. The van der Waals surface area contributed by atoms with Crippen molar-refractivity contribution in [2.24, 2.45) is 0 Å². The van der Waals surface area contributed by atoms with Crippen LogP contribution in [0.15, 0.2) is 24.3 Å². The van der Waals surface area contributed by atoms with Gasteiger partial charge in [-0.25, -0.2) is 4.79 Å². The van der Waals surface area contributed by atoms with Crippen LogP contribution in [0.1, 0.15) is 64.1 Å². The molecule has 0 spiro atoms.